The smallest absolute Gasteiger partial charge is 0.323 e. The van der Waals surface area contributed by atoms with Crippen LogP contribution in [0.3, 0.4) is 0 Å². The van der Waals surface area contributed by atoms with Gasteiger partial charge in [0.25, 0.3) is 0 Å². The summed E-state index contributed by atoms with van der Waals surface area (Å²) in [6.45, 7) is 4.42. The van der Waals surface area contributed by atoms with E-state index in [1.165, 1.54) is 0 Å². The highest BCUT2D eigenvalue weighted by molar-refractivity contribution is 5.37. The van der Waals surface area contributed by atoms with E-state index in [1.54, 1.807) is 7.05 Å². The maximum Gasteiger partial charge on any atom is 0.323 e. The Morgan fingerprint density at radius 3 is 2.42 bits per heavy atom. The zero-order valence-electron chi connectivity index (χ0n) is 12.5. The SMILES string of the molecule is CCCOc1nc(NC)nc(N(C)CCN(C)C)n1. The fourth-order valence-corrected chi connectivity index (χ4v) is 1.34. The lowest BCUT2D eigenvalue weighted by molar-refractivity contribution is 0.292. The van der Waals surface area contributed by atoms with Crippen LogP contribution < -0.4 is 15.0 Å². The summed E-state index contributed by atoms with van der Waals surface area (Å²) in [7, 11) is 7.82. The zero-order chi connectivity index (χ0) is 14.3. The highest BCUT2D eigenvalue weighted by atomic mass is 16.5. The van der Waals surface area contributed by atoms with E-state index in [0.29, 0.717) is 24.5 Å². The Morgan fingerprint density at radius 1 is 1.11 bits per heavy atom. The molecule has 1 heterocycles. The molecule has 1 aromatic heterocycles. The van der Waals surface area contributed by atoms with Gasteiger partial charge in [-0.1, -0.05) is 6.92 Å². The van der Waals surface area contributed by atoms with E-state index < -0.39 is 0 Å². The van der Waals surface area contributed by atoms with Gasteiger partial charge < -0.3 is 19.9 Å². The summed E-state index contributed by atoms with van der Waals surface area (Å²) < 4.78 is 5.47. The Hall–Kier alpha value is -1.63. The van der Waals surface area contributed by atoms with Crippen molar-refractivity contribution in [3.05, 3.63) is 0 Å². The van der Waals surface area contributed by atoms with E-state index in [0.717, 1.165) is 19.5 Å². The molecule has 0 aliphatic heterocycles. The van der Waals surface area contributed by atoms with Crippen molar-refractivity contribution in [2.24, 2.45) is 0 Å². The summed E-state index contributed by atoms with van der Waals surface area (Å²) in [5.74, 6) is 1.14. The van der Waals surface area contributed by atoms with Crippen molar-refractivity contribution < 1.29 is 4.74 Å². The minimum absolute atomic E-state index is 0.368. The molecule has 0 aliphatic carbocycles. The van der Waals surface area contributed by atoms with E-state index in [9.17, 15) is 0 Å². The molecule has 0 amide bonds. The van der Waals surface area contributed by atoms with Gasteiger partial charge in [-0.2, -0.15) is 15.0 Å². The zero-order valence-corrected chi connectivity index (χ0v) is 12.5. The maximum absolute atomic E-state index is 5.47. The summed E-state index contributed by atoms with van der Waals surface area (Å²) >= 11 is 0. The normalized spacial score (nSPS) is 10.6. The largest absolute Gasteiger partial charge is 0.463 e. The average molecular weight is 268 g/mol. The summed E-state index contributed by atoms with van der Waals surface area (Å²) in [5, 5.41) is 2.92. The van der Waals surface area contributed by atoms with Crippen LogP contribution in [-0.2, 0) is 0 Å². The molecule has 0 radical (unpaired) electrons. The number of ether oxygens (including phenoxy) is 1. The lowest BCUT2D eigenvalue weighted by Crippen LogP contribution is -2.30. The highest BCUT2D eigenvalue weighted by Crippen LogP contribution is 2.13. The van der Waals surface area contributed by atoms with Gasteiger partial charge in [0.05, 0.1) is 6.61 Å². The van der Waals surface area contributed by atoms with Crippen LogP contribution >= 0.6 is 0 Å². The van der Waals surface area contributed by atoms with E-state index in [4.69, 9.17) is 4.74 Å². The quantitative estimate of drug-likeness (QED) is 0.744. The van der Waals surface area contributed by atoms with Gasteiger partial charge in [-0.05, 0) is 20.5 Å². The first kappa shape index (κ1) is 15.4. The number of hydrogen-bond donors (Lipinski definition) is 1. The number of hydrogen-bond acceptors (Lipinski definition) is 7. The van der Waals surface area contributed by atoms with Gasteiger partial charge >= 0.3 is 6.01 Å². The Balaban J connectivity index is 2.79. The second kappa shape index (κ2) is 7.73. The van der Waals surface area contributed by atoms with E-state index in [2.05, 4.69) is 25.2 Å². The number of anilines is 2. The van der Waals surface area contributed by atoms with Gasteiger partial charge in [0.2, 0.25) is 11.9 Å². The third-order valence-corrected chi connectivity index (χ3v) is 2.49. The van der Waals surface area contributed by atoms with Gasteiger partial charge in [-0.15, -0.1) is 0 Å². The third kappa shape index (κ3) is 5.25. The molecule has 0 aliphatic rings. The predicted octanol–water partition coefficient (Wildman–Crippen LogP) is 0.700. The van der Waals surface area contributed by atoms with Crippen LogP contribution in [0.2, 0.25) is 0 Å². The molecule has 0 bridgehead atoms. The first-order chi connectivity index (χ1) is 9.06. The molecule has 0 saturated carbocycles. The second-order valence-corrected chi connectivity index (χ2v) is 4.56. The van der Waals surface area contributed by atoms with Crippen LogP contribution in [0.1, 0.15) is 13.3 Å². The molecule has 1 aromatic rings. The number of aromatic nitrogens is 3. The van der Waals surface area contributed by atoms with Crippen molar-refractivity contribution in [2.45, 2.75) is 13.3 Å². The molecule has 7 heteroatoms. The minimum Gasteiger partial charge on any atom is -0.463 e. The monoisotopic (exact) mass is 268 g/mol. The standard InChI is InChI=1S/C12H24N6O/c1-6-9-19-12-15-10(13-2)14-11(16-12)18(5)8-7-17(3)4/h6-9H2,1-5H3,(H,13,14,15,16). The first-order valence-electron chi connectivity index (χ1n) is 6.49. The molecule has 0 spiro atoms. The maximum atomic E-state index is 5.47. The minimum atomic E-state index is 0.368. The van der Waals surface area contributed by atoms with E-state index in [-0.39, 0.29) is 0 Å². The average Bonchev–Trinajstić information content (AvgIpc) is 2.41. The van der Waals surface area contributed by atoms with Crippen LogP contribution in [0.15, 0.2) is 0 Å². The lowest BCUT2D eigenvalue weighted by Gasteiger charge is -2.20. The van der Waals surface area contributed by atoms with Crippen molar-refractivity contribution >= 4 is 11.9 Å². The van der Waals surface area contributed by atoms with Crippen molar-refractivity contribution in [1.82, 2.24) is 19.9 Å². The topological polar surface area (TPSA) is 66.4 Å². The predicted molar refractivity (Wildman–Crippen MR) is 77.0 cm³/mol. The third-order valence-electron chi connectivity index (χ3n) is 2.49. The van der Waals surface area contributed by atoms with Crippen molar-refractivity contribution in [2.75, 3.05) is 58.1 Å². The van der Waals surface area contributed by atoms with Crippen LogP contribution in [0.25, 0.3) is 0 Å². The summed E-state index contributed by atoms with van der Waals surface area (Å²) in [4.78, 5) is 16.9. The Kier molecular flexibility index (Phi) is 6.27. The number of nitrogens with zero attached hydrogens (tertiary/aromatic N) is 5. The molecule has 1 N–H and O–H groups in total. The molecule has 0 unspecified atom stereocenters. The molecule has 0 fully saturated rings. The van der Waals surface area contributed by atoms with Gasteiger partial charge in [0, 0.05) is 27.2 Å². The van der Waals surface area contributed by atoms with Gasteiger partial charge in [0.1, 0.15) is 0 Å². The number of rotatable bonds is 8. The van der Waals surface area contributed by atoms with Crippen molar-refractivity contribution in [1.29, 1.82) is 0 Å². The Morgan fingerprint density at radius 2 is 1.84 bits per heavy atom. The van der Waals surface area contributed by atoms with Gasteiger partial charge in [-0.25, -0.2) is 0 Å². The second-order valence-electron chi connectivity index (χ2n) is 4.56. The molecular weight excluding hydrogens is 244 g/mol. The summed E-state index contributed by atoms with van der Waals surface area (Å²) in [6, 6.07) is 0.368. The van der Waals surface area contributed by atoms with Gasteiger partial charge in [-0.3, -0.25) is 0 Å². The molecule has 1 rings (SSSR count). The molecule has 0 saturated heterocycles. The molecule has 7 nitrogen and oxygen atoms in total. The van der Waals surface area contributed by atoms with E-state index in [1.807, 2.05) is 33.0 Å². The summed E-state index contributed by atoms with van der Waals surface area (Å²) in [6.07, 6.45) is 0.923. The fraction of sp³-hybridized carbons (Fsp3) is 0.750. The molecular formula is C12H24N6O. The van der Waals surface area contributed by atoms with Crippen molar-refractivity contribution in [3.8, 4) is 6.01 Å². The van der Waals surface area contributed by atoms with Gasteiger partial charge in [0.15, 0.2) is 0 Å². The van der Waals surface area contributed by atoms with Crippen LogP contribution in [0, 0.1) is 0 Å². The fourth-order valence-electron chi connectivity index (χ4n) is 1.34. The summed E-state index contributed by atoms with van der Waals surface area (Å²) in [5.41, 5.74) is 0. The molecule has 108 valence electrons. The number of nitrogens with one attached hydrogen (secondary N) is 1. The molecule has 19 heavy (non-hydrogen) atoms. The molecule has 0 atom stereocenters. The van der Waals surface area contributed by atoms with Crippen LogP contribution in [0.4, 0.5) is 11.9 Å². The molecule has 0 aromatic carbocycles. The Labute approximate surface area is 115 Å². The Bertz CT molecular complexity index is 384. The van der Waals surface area contributed by atoms with Crippen LogP contribution in [-0.4, -0.2) is 67.7 Å². The first-order valence-corrected chi connectivity index (χ1v) is 6.49. The lowest BCUT2D eigenvalue weighted by atomic mass is 10.5. The highest BCUT2D eigenvalue weighted by Gasteiger charge is 2.10. The number of likely N-dealkylation sites (N-methyl/N-ethyl adjacent to an activating group) is 2. The van der Waals surface area contributed by atoms with Crippen LogP contribution in [0.5, 0.6) is 6.01 Å². The van der Waals surface area contributed by atoms with Crippen molar-refractivity contribution in [3.63, 3.8) is 0 Å². The van der Waals surface area contributed by atoms with E-state index >= 15 is 0 Å².